The Kier molecular flexibility index (Phi) is 19.0. The summed E-state index contributed by atoms with van der Waals surface area (Å²) in [5, 5.41) is 0. The maximum absolute atomic E-state index is 2.30. The van der Waals surface area contributed by atoms with Gasteiger partial charge in [-0.3, -0.25) is 0 Å². The summed E-state index contributed by atoms with van der Waals surface area (Å²) in [6, 6.07) is 0. The molecule has 0 aliphatic carbocycles. The van der Waals surface area contributed by atoms with Crippen LogP contribution in [0.15, 0.2) is 0 Å². The van der Waals surface area contributed by atoms with Crippen LogP contribution in [-0.2, 0) is 0 Å². The molecule has 0 nitrogen and oxygen atoms in total. The van der Waals surface area contributed by atoms with Gasteiger partial charge in [-0.15, -0.1) is 0 Å². The molecule has 0 saturated heterocycles. The second-order valence-electron chi connectivity index (χ2n) is 6.66. The van der Waals surface area contributed by atoms with Gasteiger partial charge in [0, 0.05) is 0 Å². The summed E-state index contributed by atoms with van der Waals surface area (Å²) in [7, 11) is 0. The molecule has 0 heteroatoms. The van der Waals surface area contributed by atoms with E-state index in [0.717, 1.165) is 0 Å². The van der Waals surface area contributed by atoms with Gasteiger partial charge in [0.1, 0.15) is 0 Å². The van der Waals surface area contributed by atoms with Crippen LogP contribution in [0.3, 0.4) is 0 Å². The molecule has 0 saturated carbocycles. The van der Waals surface area contributed by atoms with Crippen molar-refractivity contribution in [3.63, 3.8) is 0 Å². The van der Waals surface area contributed by atoms with Crippen LogP contribution in [0.25, 0.3) is 0 Å². The van der Waals surface area contributed by atoms with Gasteiger partial charge in [0.15, 0.2) is 0 Å². The third-order valence-corrected chi connectivity index (χ3v) is 4.46. The quantitative estimate of drug-likeness (QED) is 0.237. The third kappa shape index (κ3) is 18.0. The van der Waals surface area contributed by atoms with E-state index in [0.29, 0.717) is 0 Å². The Morgan fingerprint density at radius 1 is 0.250 bits per heavy atom. The van der Waals surface area contributed by atoms with Crippen molar-refractivity contribution in [1.82, 2.24) is 0 Å². The lowest BCUT2D eigenvalue weighted by Crippen LogP contribution is -1.83. The zero-order valence-corrected chi connectivity index (χ0v) is 14.7. The maximum Gasteiger partial charge on any atom is -0.0533 e. The minimum Gasteiger partial charge on any atom is -0.0654 e. The van der Waals surface area contributed by atoms with Crippen molar-refractivity contribution in [3.8, 4) is 0 Å². The molecule has 0 rings (SSSR count). The summed E-state index contributed by atoms with van der Waals surface area (Å²) >= 11 is 0. The molecule has 20 heavy (non-hydrogen) atoms. The van der Waals surface area contributed by atoms with E-state index in [1.54, 1.807) is 0 Å². The van der Waals surface area contributed by atoms with E-state index in [1.807, 2.05) is 0 Å². The molecule has 0 fully saturated rings. The average molecular weight is 283 g/mol. The highest BCUT2D eigenvalue weighted by molar-refractivity contribution is 4.49. The molecular weight excluding hydrogens is 240 g/mol. The molecule has 0 aromatic rings. The first-order valence-electron chi connectivity index (χ1n) is 9.91. The minimum atomic E-state index is 1.37. The van der Waals surface area contributed by atoms with Crippen molar-refractivity contribution in [1.29, 1.82) is 0 Å². The normalized spacial score (nSPS) is 11.1. The summed E-state index contributed by atoms with van der Waals surface area (Å²) < 4.78 is 0. The second kappa shape index (κ2) is 19.0. The van der Waals surface area contributed by atoms with E-state index in [-0.39, 0.29) is 0 Å². The molecule has 0 aromatic carbocycles. The van der Waals surface area contributed by atoms with E-state index >= 15 is 0 Å². The van der Waals surface area contributed by atoms with Gasteiger partial charge in [-0.2, -0.15) is 0 Å². The van der Waals surface area contributed by atoms with E-state index in [4.69, 9.17) is 0 Å². The highest BCUT2D eigenvalue weighted by Crippen LogP contribution is 2.14. The van der Waals surface area contributed by atoms with Crippen LogP contribution in [0.1, 0.15) is 129 Å². The number of unbranched alkanes of at least 4 members (excludes halogenated alkanes) is 17. The summed E-state index contributed by atoms with van der Waals surface area (Å²) in [6.45, 7) is 4.59. The molecule has 0 N–H and O–H groups in total. The van der Waals surface area contributed by atoms with Crippen LogP contribution in [0.2, 0.25) is 0 Å². The molecule has 0 aromatic heterocycles. The molecule has 0 aliphatic rings. The molecule has 0 radical (unpaired) electrons. The fraction of sp³-hybridized carbons (Fsp3) is 1.00. The van der Waals surface area contributed by atoms with Gasteiger partial charge in [0.2, 0.25) is 0 Å². The lowest BCUT2D eigenvalue weighted by molar-refractivity contribution is 0.526. The van der Waals surface area contributed by atoms with Crippen LogP contribution < -0.4 is 0 Å². The van der Waals surface area contributed by atoms with Gasteiger partial charge in [0.05, 0.1) is 0 Å². The highest BCUT2D eigenvalue weighted by atomic mass is 14.0. The molecule has 0 spiro atoms. The standard InChI is InChI=1S/C20H42/c1-3-5-7-9-11-13-15-17-19-20-18-16-14-12-10-8-6-4-2/h3-20H2,1-2H3. The predicted octanol–water partition coefficient (Wildman–Crippen LogP) is 8.05. The minimum absolute atomic E-state index is 1.37. The third-order valence-electron chi connectivity index (χ3n) is 4.46. The molecule has 122 valence electrons. The first kappa shape index (κ1) is 20.0. The van der Waals surface area contributed by atoms with Crippen LogP contribution >= 0.6 is 0 Å². The van der Waals surface area contributed by atoms with Crippen molar-refractivity contribution >= 4 is 0 Å². The van der Waals surface area contributed by atoms with Crippen molar-refractivity contribution in [3.05, 3.63) is 0 Å². The van der Waals surface area contributed by atoms with Crippen LogP contribution in [0.4, 0.5) is 0 Å². The molecule has 0 aliphatic heterocycles. The fourth-order valence-electron chi connectivity index (χ4n) is 2.97. The molecule has 0 bridgehead atoms. The smallest absolute Gasteiger partial charge is 0.0533 e. The van der Waals surface area contributed by atoms with Crippen molar-refractivity contribution < 1.29 is 0 Å². The van der Waals surface area contributed by atoms with Crippen LogP contribution in [0, 0.1) is 0 Å². The molecule has 0 heterocycles. The Morgan fingerprint density at radius 3 is 0.550 bits per heavy atom. The molecule has 0 atom stereocenters. The van der Waals surface area contributed by atoms with E-state index in [1.165, 1.54) is 116 Å². The first-order valence-corrected chi connectivity index (χ1v) is 9.91. The first-order chi connectivity index (χ1) is 9.91. The highest BCUT2D eigenvalue weighted by Gasteiger charge is 1.94. The lowest BCUT2D eigenvalue weighted by Gasteiger charge is -2.03. The topological polar surface area (TPSA) is 0 Å². The number of rotatable bonds is 17. The zero-order chi connectivity index (χ0) is 14.7. The SMILES string of the molecule is CCCCCCCCCCCCCCCCCCCC. The zero-order valence-electron chi connectivity index (χ0n) is 14.7. The largest absolute Gasteiger partial charge is 0.0654 e. The Bertz CT molecular complexity index is 132. The average Bonchev–Trinajstić information content (AvgIpc) is 2.47. The lowest BCUT2D eigenvalue weighted by atomic mass is 10.0. The van der Waals surface area contributed by atoms with E-state index < -0.39 is 0 Å². The van der Waals surface area contributed by atoms with Gasteiger partial charge >= 0.3 is 0 Å². The monoisotopic (exact) mass is 282 g/mol. The molecular formula is C20H42. The van der Waals surface area contributed by atoms with Crippen molar-refractivity contribution in [2.75, 3.05) is 0 Å². The fourth-order valence-corrected chi connectivity index (χ4v) is 2.97. The van der Waals surface area contributed by atoms with Gasteiger partial charge in [-0.05, 0) is 0 Å². The maximum atomic E-state index is 2.30. The van der Waals surface area contributed by atoms with Gasteiger partial charge in [0.25, 0.3) is 0 Å². The predicted molar refractivity (Wildman–Crippen MR) is 94.5 cm³/mol. The van der Waals surface area contributed by atoms with Crippen LogP contribution in [-0.4, -0.2) is 0 Å². The Labute approximate surface area is 130 Å². The summed E-state index contributed by atoms with van der Waals surface area (Å²) in [5.41, 5.74) is 0. The Balaban J connectivity index is 2.89. The van der Waals surface area contributed by atoms with Crippen LogP contribution in [0.5, 0.6) is 0 Å². The summed E-state index contributed by atoms with van der Waals surface area (Å²) in [5.74, 6) is 0. The molecule has 0 amide bonds. The molecule has 0 unspecified atom stereocenters. The van der Waals surface area contributed by atoms with Crippen molar-refractivity contribution in [2.45, 2.75) is 129 Å². The number of hydrogen-bond acceptors (Lipinski definition) is 0. The Hall–Kier alpha value is 0. The van der Waals surface area contributed by atoms with Gasteiger partial charge < -0.3 is 0 Å². The van der Waals surface area contributed by atoms with Gasteiger partial charge in [-0.1, -0.05) is 129 Å². The Morgan fingerprint density at radius 2 is 0.400 bits per heavy atom. The van der Waals surface area contributed by atoms with Gasteiger partial charge in [-0.25, -0.2) is 0 Å². The summed E-state index contributed by atoms with van der Waals surface area (Å²) in [4.78, 5) is 0. The van der Waals surface area contributed by atoms with E-state index in [9.17, 15) is 0 Å². The van der Waals surface area contributed by atoms with E-state index in [2.05, 4.69) is 13.8 Å². The second-order valence-corrected chi connectivity index (χ2v) is 6.66. The van der Waals surface area contributed by atoms with Crippen molar-refractivity contribution in [2.24, 2.45) is 0 Å². The summed E-state index contributed by atoms with van der Waals surface area (Å²) in [6.07, 6.45) is 26.4. The number of hydrogen-bond donors (Lipinski definition) is 0.